The zero-order chi connectivity index (χ0) is 19.5. The van der Waals surface area contributed by atoms with E-state index in [1.165, 1.54) is 5.56 Å². The maximum absolute atomic E-state index is 13.0. The van der Waals surface area contributed by atoms with Crippen molar-refractivity contribution < 1.29 is 14.3 Å². The van der Waals surface area contributed by atoms with E-state index in [0.29, 0.717) is 18.7 Å². The number of amides is 1. The first-order valence-electron chi connectivity index (χ1n) is 9.71. The minimum Gasteiger partial charge on any atom is -0.497 e. The highest BCUT2D eigenvalue weighted by molar-refractivity contribution is 6.44. The summed E-state index contributed by atoms with van der Waals surface area (Å²) in [5, 5.41) is 0.794. The number of hydrogen-bond donors (Lipinski definition) is 1. The van der Waals surface area contributed by atoms with Crippen LogP contribution in [0.1, 0.15) is 41.1 Å². The van der Waals surface area contributed by atoms with Gasteiger partial charge in [0.2, 0.25) is 0 Å². The second-order valence-electron chi connectivity index (χ2n) is 7.29. The summed E-state index contributed by atoms with van der Waals surface area (Å²) in [5.74, 6) is 0.200. The van der Waals surface area contributed by atoms with E-state index in [1.807, 2.05) is 36.4 Å². The predicted molar refractivity (Wildman–Crippen MR) is 109 cm³/mol. The average molecular weight is 376 g/mol. The van der Waals surface area contributed by atoms with Gasteiger partial charge in [0.15, 0.2) is 0 Å². The van der Waals surface area contributed by atoms with Crippen LogP contribution in [0.5, 0.6) is 5.75 Å². The Balaban J connectivity index is 1.54. The molecule has 1 aliphatic heterocycles. The van der Waals surface area contributed by atoms with Crippen molar-refractivity contribution in [2.24, 2.45) is 0 Å². The first-order valence-corrected chi connectivity index (χ1v) is 9.71. The summed E-state index contributed by atoms with van der Waals surface area (Å²) in [6.07, 6.45) is 4.61. The smallest absolute Gasteiger partial charge is 0.295 e. The molecule has 1 aromatic heterocycles. The Bertz CT molecular complexity index is 991. The Morgan fingerprint density at radius 3 is 2.64 bits per heavy atom. The van der Waals surface area contributed by atoms with E-state index in [2.05, 4.69) is 17.1 Å². The highest BCUT2D eigenvalue weighted by atomic mass is 16.5. The lowest BCUT2D eigenvalue weighted by Gasteiger charge is -2.24. The third-order valence-electron chi connectivity index (χ3n) is 5.57. The summed E-state index contributed by atoms with van der Waals surface area (Å²) >= 11 is 0. The molecule has 1 N–H and O–H groups in total. The molecule has 0 unspecified atom stereocenters. The van der Waals surface area contributed by atoms with Crippen LogP contribution in [0.2, 0.25) is 0 Å². The highest BCUT2D eigenvalue weighted by Crippen LogP contribution is 2.28. The van der Waals surface area contributed by atoms with Gasteiger partial charge in [-0.2, -0.15) is 0 Å². The fraction of sp³-hybridized carbons (Fsp3) is 0.304. The Labute approximate surface area is 164 Å². The molecular weight excluding hydrogens is 352 g/mol. The number of fused-ring (bicyclic) bond motifs is 1. The zero-order valence-electron chi connectivity index (χ0n) is 16.0. The van der Waals surface area contributed by atoms with Crippen LogP contribution in [0.15, 0.2) is 54.7 Å². The molecule has 1 aliphatic rings. The van der Waals surface area contributed by atoms with Gasteiger partial charge in [-0.1, -0.05) is 36.8 Å². The van der Waals surface area contributed by atoms with Crippen molar-refractivity contribution in [1.82, 2.24) is 9.88 Å². The molecule has 0 aliphatic carbocycles. The van der Waals surface area contributed by atoms with Crippen LogP contribution < -0.4 is 4.74 Å². The largest absolute Gasteiger partial charge is 0.497 e. The van der Waals surface area contributed by atoms with Crippen molar-refractivity contribution in [3.05, 3.63) is 65.9 Å². The van der Waals surface area contributed by atoms with E-state index < -0.39 is 11.7 Å². The van der Waals surface area contributed by atoms with Crippen molar-refractivity contribution in [3.63, 3.8) is 0 Å². The van der Waals surface area contributed by atoms with Crippen molar-refractivity contribution >= 4 is 22.6 Å². The maximum atomic E-state index is 13.0. The summed E-state index contributed by atoms with van der Waals surface area (Å²) in [6.45, 7) is 1.19. The molecule has 144 valence electrons. The third-order valence-corrected chi connectivity index (χ3v) is 5.57. The van der Waals surface area contributed by atoms with Crippen LogP contribution in [-0.4, -0.2) is 41.8 Å². The number of aromatic amines is 1. The van der Waals surface area contributed by atoms with Crippen LogP contribution in [0.3, 0.4) is 0 Å². The number of likely N-dealkylation sites (tertiary alicyclic amines) is 1. The quantitative estimate of drug-likeness (QED) is 0.549. The number of benzene rings is 2. The van der Waals surface area contributed by atoms with Gasteiger partial charge in [0.1, 0.15) is 5.75 Å². The monoisotopic (exact) mass is 376 g/mol. The number of rotatable bonds is 4. The number of nitrogens with one attached hydrogen (secondary N) is 1. The molecule has 0 spiro atoms. The number of H-pyrrole nitrogens is 1. The second kappa shape index (κ2) is 7.89. The number of nitrogens with zero attached hydrogens (tertiary/aromatic N) is 1. The molecule has 28 heavy (non-hydrogen) atoms. The molecular formula is C23H24N2O3. The van der Waals surface area contributed by atoms with Gasteiger partial charge >= 0.3 is 0 Å². The van der Waals surface area contributed by atoms with Crippen molar-refractivity contribution in [2.45, 2.75) is 25.2 Å². The molecule has 4 rings (SSSR count). The van der Waals surface area contributed by atoms with E-state index in [-0.39, 0.29) is 5.92 Å². The molecule has 0 radical (unpaired) electrons. The number of Topliss-reactive ketones (excluding diaryl/α,β-unsaturated/α-hetero) is 1. The molecule has 1 fully saturated rings. The number of carbonyl (C=O) groups is 2. The molecule has 2 heterocycles. The van der Waals surface area contributed by atoms with Gasteiger partial charge in [0.05, 0.1) is 12.7 Å². The van der Waals surface area contributed by atoms with Crippen LogP contribution >= 0.6 is 0 Å². The lowest BCUT2D eigenvalue weighted by molar-refractivity contribution is -0.126. The first kappa shape index (κ1) is 18.3. The van der Waals surface area contributed by atoms with Crippen LogP contribution in [-0.2, 0) is 4.79 Å². The highest BCUT2D eigenvalue weighted by Gasteiger charge is 2.29. The van der Waals surface area contributed by atoms with Gasteiger partial charge in [0.25, 0.3) is 11.7 Å². The minimum absolute atomic E-state index is 0.230. The Morgan fingerprint density at radius 1 is 1.07 bits per heavy atom. The minimum atomic E-state index is -0.437. The normalized spacial score (nSPS) is 17.3. The second-order valence-corrected chi connectivity index (χ2v) is 7.29. The molecule has 3 aromatic rings. The summed E-state index contributed by atoms with van der Waals surface area (Å²) in [7, 11) is 1.65. The number of carbonyl (C=O) groups excluding carboxylic acids is 2. The fourth-order valence-electron chi connectivity index (χ4n) is 3.99. The van der Waals surface area contributed by atoms with Crippen LogP contribution in [0.4, 0.5) is 0 Å². The van der Waals surface area contributed by atoms with Crippen LogP contribution in [0.25, 0.3) is 10.9 Å². The topological polar surface area (TPSA) is 62.4 Å². The molecule has 5 heteroatoms. The van der Waals surface area contributed by atoms with E-state index in [0.717, 1.165) is 35.9 Å². The first-order chi connectivity index (χ1) is 13.7. The van der Waals surface area contributed by atoms with E-state index in [4.69, 9.17) is 4.74 Å². The number of ketones is 1. The summed E-state index contributed by atoms with van der Waals surface area (Å²) in [6, 6.07) is 15.6. The van der Waals surface area contributed by atoms with Gasteiger partial charge in [-0.3, -0.25) is 9.59 Å². The van der Waals surface area contributed by atoms with Gasteiger partial charge in [-0.25, -0.2) is 0 Å². The SMILES string of the molecule is COc1ccc([C@@H]2CCCCN(C(=O)C(=O)c3c[nH]c4ccccc34)C2)cc1. The maximum Gasteiger partial charge on any atom is 0.295 e. The molecule has 1 amide bonds. The number of aromatic nitrogens is 1. The molecule has 2 aromatic carbocycles. The number of para-hydroxylation sites is 1. The summed E-state index contributed by atoms with van der Waals surface area (Å²) < 4.78 is 5.24. The van der Waals surface area contributed by atoms with Crippen molar-refractivity contribution in [3.8, 4) is 5.75 Å². The lowest BCUT2D eigenvalue weighted by atomic mass is 9.94. The summed E-state index contributed by atoms with van der Waals surface area (Å²) in [5.41, 5.74) is 2.50. The summed E-state index contributed by atoms with van der Waals surface area (Å²) in [4.78, 5) is 30.8. The standard InChI is InChI=1S/C23H24N2O3/c1-28-18-11-9-16(10-12-18)17-6-4-5-13-25(15-17)23(27)22(26)20-14-24-21-8-3-2-7-19(20)21/h2-3,7-12,14,17,24H,4-6,13,15H2,1H3/t17-/m1/s1. The van der Waals surface area contributed by atoms with Crippen molar-refractivity contribution in [2.75, 3.05) is 20.2 Å². The predicted octanol–water partition coefficient (Wildman–Crippen LogP) is 4.16. The number of methoxy groups -OCH3 is 1. The molecule has 1 atom stereocenters. The molecule has 0 saturated carbocycles. The van der Waals surface area contributed by atoms with Gasteiger partial charge < -0.3 is 14.6 Å². The average Bonchev–Trinajstić information content (AvgIpc) is 3.02. The van der Waals surface area contributed by atoms with Crippen LogP contribution in [0, 0.1) is 0 Å². The van der Waals surface area contributed by atoms with Gasteiger partial charge in [-0.15, -0.1) is 0 Å². The number of hydrogen-bond acceptors (Lipinski definition) is 3. The van der Waals surface area contributed by atoms with E-state index >= 15 is 0 Å². The fourth-order valence-corrected chi connectivity index (χ4v) is 3.99. The third kappa shape index (κ3) is 3.52. The van der Waals surface area contributed by atoms with E-state index in [9.17, 15) is 9.59 Å². The van der Waals surface area contributed by atoms with E-state index in [1.54, 1.807) is 18.2 Å². The number of ether oxygens (including phenoxy) is 1. The molecule has 0 bridgehead atoms. The van der Waals surface area contributed by atoms with Gasteiger partial charge in [0, 0.05) is 36.1 Å². The molecule has 5 nitrogen and oxygen atoms in total. The zero-order valence-corrected chi connectivity index (χ0v) is 16.0. The lowest BCUT2D eigenvalue weighted by Crippen LogP contribution is -2.38. The Morgan fingerprint density at radius 2 is 1.86 bits per heavy atom. The van der Waals surface area contributed by atoms with Crippen molar-refractivity contribution in [1.29, 1.82) is 0 Å². The molecule has 1 saturated heterocycles. The Hall–Kier alpha value is -3.08. The van der Waals surface area contributed by atoms with Gasteiger partial charge in [-0.05, 0) is 36.6 Å². The Kier molecular flexibility index (Phi) is 5.15.